The molecule has 5 heteroatoms. The second-order valence-electron chi connectivity index (χ2n) is 6.30. The van der Waals surface area contributed by atoms with E-state index in [-0.39, 0.29) is 5.82 Å². The normalized spacial score (nSPS) is 17.3. The molecule has 0 atom stereocenters. The molecule has 2 rings (SSSR count). The summed E-state index contributed by atoms with van der Waals surface area (Å²) in [7, 11) is 3.96. The summed E-state index contributed by atoms with van der Waals surface area (Å²) in [4.78, 5) is 6.62. The highest BCUT2D eigenvalue weighted by Gasteiger charge is 2.16. The third-order valence-corrected chi connectivity index (χ3v) is 4.55. The molecule has 128 valence electrons. The van der Waals surface area contributed by atoms with Gasteiger partial charge in [-0.3, -0.25) is 4.99 Å². The van der Waals surface area contributed by atoms with Crippen LogP contribution in [0, 0.1) is 11.7 Å². The minimum atomic E-state index is -0.139. The number of nitrogens with one attached hydrogen (secondary N) is 2. The van der Waals surface area contributed by atoms with Crippen molar-refractivity contribution in [1.29, 1.82) is 0 Å². The van der Waals surface area contributed by atoms with Crippen LogP contribution in [0.5, 0.6) is 0 Å². The molecule has 0 aromatic heterocycles. The Morgan fingerprint density at radius 3 is 2.61 bits per heavy atom. The van der Waals surface area contributed by atoms with E-state index < -0.39 is 0 Å². The summed E-state index contributed by atoms with van der Waals surface area (Å²) in [5.74, 6) is 1.48. The topological polar surface area (TPSA) is 39.7 Å². The van der Waals surface area contributed by atoms with Crippen molar-refractivity contribution < 1.29 is 4.39 Å². The number of rotatable bonds is 6. The van der Waals surface area contributed by atoms with Gasteiger partial charge in [0.25, 0.3) is 0 Å². The van der Waals surface area contributed by atoms with Gasteiger partial charge in [-0.05, 0) is 63.4 Å². The van der Waals surface area contributed by atoms with Gasteiger partial charge in [0.1, 0.15) is 5.82 Å². The number of aliphatic imine (C=N–C) groups is 1. The molecule has 2 N–H and O–H groups in total. The van der Waals surface area contributed by atoms with Gasteiger partial charge in [-0.15, -0.1) is 0 Å². The number of guanidine groups is 1. The van der Waals surface area contributed by atoms with Gasteiger partial charge in [0.05, 0.1) is 0 Å². The monoisotopic (exact) mass is 320 g/mol. The van der Waals surface area contributed by atoms with E-state index in [1.54, 1.807) is 13.1 Å². The highest BCUT2D eigenvalue weighted by molar-refractivity contribution is 5.79. The zero-order valence-corrected chi connectivity index (χ0v) is 14.3. The average Bonchev–Trinajstić information content (AvgIpc) is 2.57. The Morgan fingerprint density at radius 1 is 1.22 bits per heavy atom. The van der Waals surface area contributed by atoms with E-state index in [0.717, 1.165) is 24.0 Å². The zero-order chi connectivity index (χ0) is 16.5. The van der Waals surface area contributed by atoms with Crippen LogP contribution in [0.15, 0.2) is 29.3 Å². The Morgan fingerprint density at radius 2 is 1.91 bits per heavy atom. The first kappa shape index (κ1) is 17.7. The van der Waals surface area contributed by atoms with E-state index in [9.17, 15) is 4.39 Å². The maximum absolute atomic E-state index is 13.6. The molecule has 1 fully saturated rings. The van der Waals surface area contributed by atoms with Gasteiger partial charge < -0.3 is 15.5 Å². The molecule has 0 spiro atoms. The van der Waals surface area contributed by atoms with Crippen molar-refractivity contribution in [2.45, 2.75) is 25.7 Å². The van der Waals surface area contributed by atoms with Gasteiger partial charge in [-0.25, -0.2) is 4.39 Å². The summed E-state index contributed by atoms with van der Waals surface area (Å²) in [6, 6.07) is 6.92. The van der Waals surface area contributed by atoms with Crippen molar-refractivity contribution in [3.05, 3.63) is 35.6 Å². The Kier molecular flexibility index (Phi) is 7.33. The Balaban J connectivity index is 1.63. The number of hydrogen-bond donors (Lipinski definition) is 2. The maximum atomic E-state index is 13.6. The number of halogens is 1. The second kappa shape index (κ2) is 9.50. The van der Waals surface area contributed by atoms with Gasteiger partial charge in [0.2, 0.25) is 0 Å². The average molecular weight is 320 g/mol. The molecule has 1 aliphatic heterocycles. The SMILES string of the molecule is CN=C(NCCc1ccccc1F)NCCC1CCN(C)CC1. The lowest BCUT2D eigenvalue weighted by molar-refractivity contribution is 0.213. The van der Waals surface area contributed by atoms with Gasteiger partial charge in [0, 0.05) is 20.1 Å². The second-order valence-corrected chi connectivity index (χ2v) is 6.30. The largest absolute Gasteiger partial charge is 0.356 e. The van der Waals surface area contributed by atoms with Crippen LogP contribution in [0.1, 0.15) is 24.8 Å². The summed E-state index contributed by atoms with van der Waals surface area (Å²) in [6.45, 7) is 4.03. The molecular weight excluding hydrogens is 291 g/mol. The van der Waals surface area contributed by atoms with Crippen molar-refractivity contribution >= 4 is 5.96 Å². The highest BCUT2D eigenvalue weighted by atomic mass is 19.1. The van der Waals surface area contributed by atoms with Crippen LogP contribution in [0.4, 0.5) is 4.39 Å². The molecule has 1 aliphatic rings. The van der Waals surface area contributed by atoms with E-state index in [4.69, 9.17) is 0 Å². The smallest absolute Gasteiger partial charge is 0.190 e. The summed E-state index contributed by atoms with van der Waals surface area (Å²) in [6.07, 6.45) is 4.42. The summed E-state index contributed by atoms with van der Waals surface area (Å²) < 4.78 is 13.6. The number of likely N-dealkylation sites (tertiary alicyclic amines) is 1. The zero-order valence-electron chi connectivity index (χ0n) is 14.3. The number of hydrogen-bond acceptors (Lipinski definition) is 2. The third-order valence-electron chi connectivity index (χ3n) is 4.55. The fourth-order valence-corrected chi connectivity index (χ4v) is 2.98. The van der Waals surface area contributed by atoms with Gasteiger partial charge >= 0.3 is 0 Å². The van der Waals surface area contributed by atoms with Crippen molar-refractivity contribution in [2.75, 3.05) is 40.3 Å². The van der Waals surface area contributed by atoms with Gasteiger partial charge in [-0.2, -0.15) is 0 Å². The molecule has 23 heavy (non-hydrogen) atoms. The lowest BCUT2D eigenvalue weighted by Crippen LogP contribution is -2.40. The van der Waals surface area contributed by atoms with Crippen LogP contribution < -0.4 is 10.6 Å². The van der Waals surface area contributed by atoms with Crippen LogP contribution in [0.2, 0.25) is 0 Å². The van der Waals surface area contributed by atoms with Crippen LogP contribution in [0.25, 0.3) is 0 Å². The molecule has 1 heterocycles. The number of nitrogens with zero attached hydrogens (tertiary/aromatic N) is 2. The maximum Gasteiger partial charge on any atom is 0.190 e. The number of piperidine rings is 1. The van der Waals surface area contributed by atoms with Crippen molar-refractivity contribution in [1.82, 2.24) is 15.5 Å². The van der Waals surface area contributed by atoms with Crippen molar-refractivity contribution in [3.8, 4) is 0 Å². The Bertz CT molecular complexity index is 496. The van der Waals surface area contributed by atoms with E-state index in [2.05, 4.69) is 27.6 Å². The summed E-state index contributed by atoms with van der Waals surface area (Å²) in [5, 5.41) is 6.61. The molecule has 4 nitrogen and oxygen atoms in total. The van der Waals surface area contributed by atoms with E-state index in [1.807, 2.05) is 12.1 Å². The number of benzene rings is 1. The van der Waals surface area contributed by atoms with E-state index in [1.165, 1.54) is 38.4 Å². The summed E-state index contributed by atoms with van der Waals surface area (Å²) >= 11 is 0. The van der Waals surface area contributed by atoms with Crippen LogP contribution in [-0.2, 0) is 6.42 Å². The lowest BCUT2D eigenvalue weighted by atomic mass is 9.94. The minimum Gasteiger partial charge on any atom is -0.356 e. The molecule has 1 saturated heterocycles. The lowest BCUT2D eigenvalue weighted by Gasteiger charge is -2.29. The molecular formula is C18H29FN4. The molecule has 0 amide bonds. The van der Waals surface area contributed by atoms with Crippen molar-refractivity contribution in [3.63, 3.8) is 0 Å². The first-order chi connectivity index (χ1) is 11.2. The summed E-state index contributed by atoms with van der Waals surface area (Å²) in [5.41, 5.74) is 0.738. The minimum absolute atomic E-state index is 0.139. The fraction of sp³-hybridized carbons (Fsp3) is 0.611. The molecule has 1 aromatic rings. The highest BCUT2D eigenvalue weighted by Crippen LogP contribution is 2.18. The Hall–Kier alpha value is -1.62. The van der Waals surface area contributed by atoms with Crippen molar-refractivity contribution in [2.24, 2.45) is 10.9 Å². The van der Waals surface area contributed by atoms with E-state index in [0.29, 0.717) is 13.0 Å². The van der Waals surface area contributed by atoms with Gasteiger partial charge in [0.15, 0.2) is 5.96 Å². The van der Waals surface area contributed by atoms with E-state index >= 15 is 0 Å². The molecule has 0 unspecified atom stereocenters. The predicted molar refractivity (Wildman–Crippen MR) is 94.3 cm³/mol. The van der Waals surface area contributed by atoms with Crippen LogP contribution in [-0.4, -0.2) is 51.1 Å². The standard InChI is InChI=1S/C18H29FN4/c1-20-18(21-11-7-15-9-13-23(2)14-10-15)22-12-8-16-5-3-4-6-17(16)19/h3-6,15H,7-14H2,1-2H3,(H2,20,21,22). The molecule has 0 aliphatic carbocycles. The molecule has 0 bridgehead atoms. The Labute approximate surface area is 139 Å². The third kappa shape index (κ3) is 6.18. The molecule has 0 saturated carbocycles. The quantitative estimate of drug-likeness (QED) is 0.624. The first-order valence-corrected chi connectivity index (χ1v) is 8.55. The first-order valence-electron chi connectivity index (χ1n) is 8.55. The van der Waals surface area contributed by atoms with Crippen LogP contribution >= 0.6 is 0 Å². The molecule has 0 radical (unpaired) electrons. The molecule has 1 aromatic carbocycles. The fourth-order valence-electron chi connectivity index (χ4n) is 2.98. The predicted octanol–water partition coefficient (Wildman–Crippen LogP) is 2.27. The van der Waals surface area contributed by atoms with Gasteiger partial charge in [-0.1, -0.05) is 18.2 Å². The van der Waals surface area contributed by atoms with Crippen LogP contribution in [0.3, 0.4) is 0 Å².